The van der Waals surface area contributed by atoms with Gasteiger partial charge in [-0.2, -0.15) is 4.98 Å². The van der Waals surface area contributed by atoms with Crippen molar-refractivity contribution >= 4 is 29.9 Å². The molecule has 1 unspecified atom stereocenters. The molecule has 1 heterocycles. The van der Waals surface area contributed by atoms with Gasteiger partial charge >= 0.3 is 0 Å². The van der Waals surface area contributed by atoms with Crippen LogP contribution in [-0.2, 0) is 17.7 Å². The van der Waals surface area contributed by atoms with E-state index in [1.54, 1.807) is 14.2 Å². The summed E-state index contributed by atoms with van der Waals surface area (Å²) in [4.78, 5) is 8.52. The van der Waals surface area contributed by atoms with Crippen LogP contribution in [0.2, 0.25) is 0 Å². The first-order valence-electron chi connectivity index (χ1n) is 8.68. The molecule has 2 aromatic rings. The van der Waals surface area contributed by atoms with Crippen LogP contribution in [0, 0.1) is 0 Å². The zero-order chi connectivity index (χ0) is 18.8. The van der Waals surface area contributed by atoms with Gasteiger partial charge in [-0.15, -0.1) is 24.0 Å². The van der Waals surface area contributed by atoms with Gasteiger partial charge in [-0.1, -0.05) is 23.4 Å². The van der Waals surface area contributed by atoms with Crippen LogP contribution in [0.1, 0.15) is 37.2 Å². The third-order valence-electron chi connectivity index (χ3n) is 3.77. The van der Waals surface area contributed by atoms with E-state index in [0.717, 1.165) is 24.3 Å². The smallest absolute Gasteiger partial charge is 0.246 e. The Morgan fingerprint density at radius 2 is 2.07 bits per heavy atom. The molecule has 150 valence electrons. The molecule has 8 nitrogen and oxygen atoms in total. The molecule has 0 aliphatic rings. The summed E-state index contributed by atoms with van der Waals surface area (Å²) in [6, 6.07) is 7.97. The lowest BCUT2D eigenvalue weighted by atomic mass is 10.1. The van der Waals surface area contributed by atoms with Crippen LogP contribution in [0.15, 0.2) is 33.8 Å². The predicted octanol–water partition coefficient (Wildman–Crippen LogP) is 2.70. The van der Waals surface area contributed by atoms with E-state index >= 15 is 0 Å². The van der Waals surface area contributed by atoms with E-state index in [1.165, 1.54) is 0 Å². The molecular weight excluding hydrogens is 461 g/mol. The second kappa shape index (κ2) is 12.5. The number of hydrogen-bond donors (Lipinski definition) is 2. The maximum absolute atomic E-state index is 5.45. The monoisotopic (exact) mass is 489 g/mol. The zero-order valence-corrected chi connectivity index (χ0v) is 18.5. The molecule has 0 radical (unpaired) electrons. The van der Waals surface area contributed by atoms with Gasteiger partial charge in [-0.3, -0.25) is 4.99 Å². The Bertz CT molecular complexity index is 708. The molecule has 0 amide bonds. The largest absolute Gasteiger partial charge is 0.496 e. The van der Waals surface area contributed by atoms with Crippen molar-refractivity contribution in [1.29, 1.82) is 0 Å². The summed E-state index contributed by atoms with van der Waals surface area (Å²) in [5, 5.41) is 10.3. The standard InChI is InChI=1S/C18H27N5O3.HI/c1-5-25-13(2)17-22-16(26-23-17)12-21-18(19-3)20-11-10-14-8-6-7-9-15(14)24-4;/h6-9,13H,5,10-12H2,1-4H3,(H2,19,20,21);1H. The maximum Gasteiger partial charge on any atom is 0.246 e. The van der Waals surface area contributed by atoms with Crippen LogP contribution >= 0.6 is 24.0 Å². The third kappa shape index (κ3) is 7.33. The number of nitrogens with one attached hydrogen (secondary N) is 2. The minimum atomic E-state index is -0.184. The number of nitrogens with zero attached hydrogens (tertiary/aromatic N) is 3. The van der Waals surface area contributed by atoms with Gasteiger partial charge in [0.2, 0.25) is 5.89 Å². The van der Waals surface area contributed by atoms with Crippen molar-refractivity contribution in [2.24, 2.45) is 4.99 Å². The van der Waals surface area contributed by atoms with E-state index in [2.05, 4.69) is 31.8 Å². The predicted molar refractivity (Wildman–Crippen MR) is 115 cm³/mol. The first-order chi connectivity index (χ1) is 12.7. The molecule has 1 aromatic heterocycles. The molecule has 0 fully saturated rings. The van der Waals surface area contributed by atoms with E-state index in [1.807, 2.05) is 32.0 Å². The van der Waals surface area contributed by atoms with Crippen LogP contribution < -0.4 is 15.4 Å². The Labute approximate surface area is 177 Å². The van der Waals surface area contributed by atoms with Gasteiger partial charge in [-0.05, 0) is 31.9 Å². The van der Waals surface area contributed by atoms with Crippen molar-refractivity contribution in [2.45, 2.75) is 32.9 Å². The van der Waals surface area contributed by atoms with Gasteiger partial charge in [0, 0.05) is 20.2 Å². The number of para-hydroxylation sites is 1. The topological polar surface area (TPSA) is 93.8 Å². The molecule has 1 atom stereocenters. The van der Waals surface area contributed by atoms with Crippen LogP contribution in [0.4, 0.5) is 0 Å². The molecular formula is C18H28IN5O3. The first kappa shape index (κ1) is 23.2. The molecule has 0 saturated carbocycles. The molecule has 0 aliphatic carbocycles. The van der Waals surface area contributed by atoms with E-state index in [-0.39, 0.29) is 30.1 Å². The third-order valence-corrected chi connectivity index (χ3v) is 3.77. The molecule has 0 spiro atoms. The lowest BCUT2D eigenvalue weighted by Crippen LogP contribution is -2.38. The fraction of sp³-hybridized carbons (Fsp3) is 0.500. The highest BCUT2D eigenvalue weighted by Crippen LogP contribution is 2.17. The van der Waals surface area contributed by atoms with Crippen LogP contribution in [0.25, 0.3) is 0 Å². The summed E-state index contributed by atoms with van der Waals surface area (Å²) in [6.07, 6.45) is 0.636. The number of halogens is 1. The fourth-order valence-electron chi connectivity index (χ4n) is 2.43. The van der Waals surface area contributed by atoms with Crippen molar-refractivity contribution in [3.63, 3.8) is 0 Å². The zero-order valence-electron chi connectivity index (χ0n) is 16.2. The Balaban J connectivity index is 0.00000364. The fourth-order valence-corrected chi connectivity index (χ4v) is 2.43. The summed E-state index contributed by atoms with van der Waals surface area (Å²) >= 11 is 0. The lowest BCUT2D eigenvalue weighted by Gasteiger charge is -2.12. The van der Waals surface area contributed by atoms with Crippen molar-refractivity contribution in [1.82, 2.24) is 20.8 Å². The number of ether oxygens (including phenoxy) is 2. The Morgan fingerprint density at radius 1 is 1.30 bits per heavy atom. The van der Waals surface area contributed by atoms with E-state index in [0.29, 0.717) is 30.8 Å². The molecule has 0 bridgehead atoms. The average Bonchev–Trinajstić information content (AvgIpc) is 3.14. The van der Waals surface area contributed by atoms with Crippen LogP contribution in [0.3, 0.4) is 0 Å². The SMILES string of the molecule is CCOC(C)c1noc(CNC(=NC)NCCc2ccccc2OC)n1.I. The second-order valence-corrected chi connectivity index (χ2v) is 5.56. The Morgan fingerprint density at radius 3 is 2.78 bits per heavy atom. The Hall–Kier alpha value is -1.88. The van der Waals surface area contributed by atoms with Gasteiger partial charge in [-0.25, -0.2) is 0 Å². The number of hydrogen-bond acceptors (Lipinski definition) is 6. The molecule has 1 aromatic carbocycles. The van der Waals surface area contributed by atoms with Crippen LogP contribution in [-0.4, -0.2) is 43.4 Å². The van der Waals surface area contributed by atoms with Gasteiger partial charge in [0.1, 0.15) is 11.9 Å². The number of guanidine groups is 1. The highest BCUT2D eigenvalue weighted by molar-refractivity contribution is 14.0. The molecule has 0 aliphatic heterocycles. The van der Waals surface area contributed by atoms with Gasteiger partial charge in [0.05, 0.1) is 13.7 Å². The summed E-state index contributed by atoms with van der Waals surface area (Å²) in [5.41, 5.74) is 1.14. The average molecular weight is 489 g/mol. The van der Waals surface area contributed by atoms with Gasteiger partial charge in [0.15, 0.2) is 11.8 Å². The van der Waals surface area contributed by atoms with Crippen molar-refractivity contribution < 1.29 is 14.0 Å². The summed E-state index contributed by atoms with van der Waals surface area (Å²) < 4.78 is 16.0. The molecule has 2 rings (SSSR count). The normalized spacial score (nSPS) is 12.2. The van der Waals surface area contributed by atoms with E-state index < -0.39 is 0 Å². The summed E-state index contributed by atoms with van der Waals surface area (Å²) in [5.74, 6) is 2.58. The van der Waals surface area contributed by atoms with Gasteiger partial charge in [0.25, 0.3) is 0 Å². The lowest BCUT2D eigenvalue weighted by molar-refractivity contribution is 0.0683. The second-order valence-electron chi connectivity index (χ2n) is 5.56. The van der Waals surface area contributed by atoms with Crippen molar-refractivity contribution in [3.05, 3.63) is 41.5 Å². The minimum Gasteiger partial charge on any atom is -0.496 e. The van der Waals surface area contributed by atoms with Crippen molar-refractivity contribution in [3.8, 4) is 5.75 Å². The highest BCUT2D eigenvalue weighted by atomic mass is 127. The van der Waals surface area contributed by atoms with Crippen LogP contribution in [0.5, 0.6) is 5.75 Å². The highest BCUT2D eigenvalue weighted by Gasteiger charge is 2.13. The molecule has 9 heteroatoms. The van der Waals surface area contributed by atoms with E-state index in [4.69, 9.17) is 14.0 Å². The molecule has 0 saturated heterocycles. The number of aliphatic imine (C=N–C) groups is 1. The van der Waals surface area contributed by atoms with Gasteiger partial charge < -0.3 is 24.6 Å². The molecule has 2 N–H and O–H groups in total. The molecule has 27 heavy (non-hydrogen) atoms. The quantitative estimate of drug-likeness (QED) is 0.318. The number of rotatable bonds is 9. The summed E-state index contributed by atoms with van der Waals surface area (Å²) in [6.45, 7) is 5.53. The number of aromatic nitrogens is 2. The Kier molecular flexibility index (Phi) is 10.7. The first-order valence-corrected chi connectivity index (χ1v) is 8.68. The van der Waals surface area contributed by atoms with Crippen molar-refractivity contribution in [2.75, 3.05) is 27.3 Å². The number of benzene rings is 1. The number of methoxy groups -OCH3 is 1. The van der Waals surface area contributed by atoms with E-state index in [9.17, 15) is 0 Å². The summed E-state index contributed by atoms with van der Waals surface area (Å²) in [7, 11) is 3.40. The minimum absolute atomic E-state index is 0. The maximum atomic E-state index is 5.45.